The van der Waals surface area contributed by atoms with Crippen molar-refractivity contribution < 1.29 is 4.42 Å². The van der Waals surface area contributed by atoms with E-state index in [4.69, 9.17) is 4.42 Å². The highest BCUT2D eigenvalue weighted by Gasteiger charge is 2.51. The van der Waals surface area contributed by atoms with Crippen molar-refractivity contribution in [1.29, 1.82) is 0 Å². The van der Waals surface area contributed by atoms with Crippen molar-refractivity contribution in [2.75, 3.05) is 4.90 Å². The van der Waals surface area contributed by atoms with E-state index in [9.17, 15) is 0 Å². The van der Waals surface area contributed by atoms with Crippen LogP contribution in [0.1, 0.15) is 22.3 Å². The van der Waals surface area contributed by atoms with Crippen molar-refractivity contribution in [2.45, 2.75) is 5.41 Å². The maximum absolute atomic E-state index is 7.07. The number of hydrogen-bond donors (Lipinski definition) is 0. The molecule has 0 saturated carbocycles. The smallest absolute Gasteiger partial charge is 0.159 e. The molecule has 0 bridgehead atoms. The molecule has 3 heteroatoms. The monoisotopic (exact) mass is 814 g/mol. The Morgan fingerprint density at radius 3 is 1.50 bits per heavy atom. The fourth-order valence-electron chi connectivity index (χ4n) is 11.4. The Hall–Kier alpha value is -8.40. The number of para-hydroxylation sites is 3. The van der Waals surface area contributed by atoms with Gasteiger partial charge in [-0.25, -0.2) is 0 Å². The summed E-state index contributed by atoms with van der Waals surface area (Å²) in [5.41, 5.74) is 20.6. The quantitative estimate of drug-likeness (QED) is 0.173. The van der Waals surface area contributed by atoms with Crippen LogP contribution in [0.2, 0.25) is 0 Å². The fraction of sp³-hybridized carbons (Fsp3) is 0.0164. The summed E-state index contributed by atoms with van der Waals surface area (Å²) in [4.78, 5) is 2.40. The molecular formula is C61H38N2O. The van der Waals surface area contributed by atoms with E-state index in [1.807, 2.05) is 0 Å². The molecule has 64 heavy (non-hydrogen) atoms. The second kappa shape index (κ2) is 13.3. The number of nitrogens with zero attached hydrogens (tertiary/aromatic N) is 2. The molecule has 1 spiro atoms. The fourth-order valence-corrected chi connectivity index (χ4v) is 11.4. The summed E-state index contributed by atoms with van der Waals surface area (Å²) in [6.07, 6.45) is 0. The molecule has 0 N–H and O–H groups in total. The number of aromatic nitrogens is 1. The number of furan rings is 1. The van der Waals surface area contributed by atoms with Crippen molar-refractivity contribution >= 4 is 60.8 Å². The molecule has 2 aliphatic rings. The number of anilines is 3. The van der Waals surface area contributed by atoms with E-state index in [1.54, 1.807) is 0 Å². The third-order valence-corrected chi connectivity index (χ3v) is 14.0. The van der Waals surface area contributed by atoms with Crippen molar-refractivity contribution in [3.05, 3.63) is 253 Å². The first-order valence-corrected chi connectivity index (χ1v) is 22.1. The van der Waals surface area contributed by atoms with Crippen molar-refractivity contribution in [3.63, 3.8) is 0 Å². The van der Waals surface area contributed by atoms with Gasteiger partial charge in [0.15, 0.2) is 5.58 Å². The van der Waals surface area contributed by atoms with Gasteiger partial charge in [0.05, 0.1) is 22.1 Å². The van der Waals surface area contributed by atoms with E-state index in [-0.39, 0.29) is 0 Å². The van der Waals surface area contributed by atoms with Crippen molar-refractivity contribution in [1.82, 2.24) is 4.57 Å². The van der Waals surface area contributed by atoms with Gasteiger partial charge in [0.25, 0.3) is 0 Å². The van der Waals surface area contributed by atoms with Gasteiger partial charge in [-0.1, -0.05) is 170 Å². The maximum atomic E-state index is 7.07. The molecule has 0 unspecified atom stereocenters. The summed E-state index contributed by atoms with van der Waals surface area (Å²) < 4.78 is 9.42. The standard InChI is InChI=1S/C61H38N2O/c1-2-15-39(16-3-1)40-29-31-41(32-30-40)62(42-33-35-47-46-19-6-11-25-54(46)61(55(47)37-42)52-23-9-4-17-44(52)45-18-5-10-24-53(45)61)43-34-36-50-51-22-14-28-58(60(51)64-59(50)38-43)63-56-26-12-7-20-48(56)49-21-8-13-27-57(49)63/h1-38H. The van der Waals surface area contributed by atoms with E-state index >= 15 is 0 Å². The van der Waals surface area contributed by atoms with Gasteiger partial charge in [-0.15, -0.1) is 0 Å². The largest absolute Gasteiger partial charge is 0.454 e. The molecule has 0 fully saturated rings. The van der Waals surface area contributed by atoms with Crippen LogP contribution in [-0.2, 0) is 5.41 Å². The van der Waals surface area contributed by atoms with Gasteiger partial charge in [-0.05, 0) is 110 Å². The molecule has 0 aliphatic heterocycles. The molecule has 2 heterocycles. The van der Waals surface area contributed by atoms with Crippen molar-refractivity contribution in [3.8, 4) is 39.1 Å². The van der Waals surface area contributed by atoms with Crippen LogP contribution in [0.25, 0.3) is 82.8 Å². The van der Waals surface area contributed by atoms with Gasteiger partial charge in [-0.2, -0.15) is 0 Å². The molecule has 298 valence electrons. The number of benzene rings is 10. The van der Waals surface area contributed by atoms with Crippen LogP contribution in [0.4, 0.5) is 17.1 Å². The summed E-state index contributed by atoms with van der Waals surface area (Å²) in [6, 6.07) is 84.3. The van der Waals surface area contributed by atoms with Gasteiger partial charge < -0.3 is 13.9 Å². The van der Waals surface area contributed by atoms with Gasteiger partial charge in [0, 0.05) is 44.7 Å². The lowest BCUT2D eigenvalue weighted by molar-refractivity contribution is 0.666. The Labute approximate surface area is 370 Å². The van der Waals surface area contributed by atoms with Crippen LogP contribution in [0.5, 0.6) is 0 Å². The van der Waals surface area contributed by atoms with Gasteiger partial charge in [-0.3, -0.25) is 0 Å². The number of hydrogen-bond acceptors (Lipinski definition) is 2. The summed E-state index contributed by atoms with van der Waals surface area (Å²) in [5, 5.41) is 4.64. The highest BCUT2D eigenvalue weighted by atomic mass is 16.3. The Kier molecular flexibility index (Phi) is 7.32. The van der Waals surface area contributed by atoms with Crippen molar-refractivity contribution in [2.24, 2.45) is 0 Å². The zero-order valence-electron chi connectivity index (χ0n) is 34.7. The second-order valence-corrected chi connectivity index (χ2v) is 17.2. The van der Waals surface area contributed by atoms with Crippen LogP contribution in [0.15, 0.2) is 235 Å². The Morgan fingerprint density at radius 1 is 0.344 bits per heavy atom. The lowest BCUT2D eigenvalue weighted by atomic mass is 9.70. The van der Waals surface area contributed by atoms with Crippen LogP contribution in [0, 0.1) is 0 Å². The molecular weight excluding hydrogens is 777 g/mol. The third-order valence-electron chi connectivity index (χ3n) is 14.0. The molecule has 10 aromatic carbocycles. The molecule has 2 aliphatic carbocycles. The average molecular weight is 815 g/mol. The lowest BCUT2D eigenvalue weighted by Gasteiger charge is -2.32. The predicted octanol–water partition coefficient (Wildman–Crippen LogP) is 16.2. The van der Waals surface area contributed by atoms with E-state index < -0.39 is 5.41 Å². The summed E-state index contributed by atoms with van der Waals surface area (Å²) in [5.74, 6) is 0. The molecule has 2 aromatic heterocycles. The molecule has 12 aromatic rings. The van der Waals surface area contributed by atoms with E-state index in [1.165, 1.54) is 66.4 Å². The van der Waals surface area contributed by atoms with Crippen LogP contribution < -0.4 is 4.90 Å². The second-order valence-electron chi connectivity index (χ2n) is 17.2. The van der Waals surface area contributed by atoms with Crippen LogP contribution >= 0.6 is 0 Å². The third kappa shape index (κ3) is 4.76. The molecule has 0 radical (unpaired) electrons. The average Bonchev–Trinajstić information content (AvgIpc) is 4.08. The Balaban J connectivity index is 0.990. The topological polar surface area (TPSA) is 21.3 Å². The summed E-state index contributed by atoms with van der Waals surface area (Å²) >= 11 is 0. The van der Waals surface area contributed by atoms with Crippen LogP contribution in [-0.4, -0.2) is 4.57 Å². The lowest BCUT2D eigenvalue weighted by Crippen LogP contribution is -2.26. The SMILES string of the molecule is c1ccc(-c2ccc(N(c3ccc4c(c3)C3(c5ccccc5-c5ccccc53)c3ccccc3-4)c3ccc4c(c3)oc3c(-n5c6ccccc6c6ccccc65)cccc34)cc2)cc1. The number of fused-ring (bicyclic) bond motifs is 16. The molecule has 14 rings (SSSR count). The predicted molar refractivity (Wildman–Crippen MR) is 264 cm³/mol. The minimum absolute atomic E-state index is 0.455. The molecule has 3 nitrogen and oxygen atoms in total. The van der Waals surface area contributed by atoms with Gasteiger partial charge >= 0.3 is 0 Å². The minimum Gasteiger partial charge on any atom is -0.454 e. The minimum atomic E-state index is -0.455. The van der Waals surface area contributed by atoms with Gasteiger partial charge in [0.2, 0.25) is 0 Å². The summed E-state index contributed by atoms with van der Waals surface area (Å²) in [6.45, 7) is 0. The first-order valence-electron chi connectivity index (χ1n) is 22.1. The zero-order chi connectivity index (χ0) is 41.9. The maximum Gasteiger partial charge on any atom is 0.159 e. The first kappa shape index (κ1) is 35.2. The normalized spacial score (nSPS) is 13.1. The molecule has 0 saturated heterocycles. The summed E-state index contributed by atoms with van der Waals surface area (Å²) in [7, 11) is 0. The van der Waals surface area contributed by atoms with E-state index in [0.717, 1.165) is 55.7 Å². The van der Waals surface area contributed by atoms with E-state index in [0.29, 0.717) is 0 Å². The number of rotatable bonds is 5. The van der Waals surface area contributed by atoms with Crippen LogP contribution in [0.3, 0.4) is 0 Å². The Morgan fingerprint density at radius 2 is 0.844 bits per heavy atom. The molecule has 0 amide bonds. The highest BCUT2D eigenvalue weighted by Crippen LogP contribution is 2.63. The zero-order valence-corrected chi connectivity index (χ0v) is 34.7. The van der Waals surface area contributed by atoms with Gasteiger partial charge in [0.1, 0.15) is 5.58 Å². The molecule has 0 atom stereocenters. The first-order chi connectivity index (χ1) is 31.8. The Bertz CT molecular complexity index is 3740. The van der Waals surface area contributed by atoms with E-state index in [2.05, 4.69) is 240 Å². The highest BCUT2D eigenvalue weighted by molar-refractivity contribution is 6.13.